The fraction of sp³-hybridized carbons (Fsp3) is 0.882. The van der Waals surface area contributed by atoms with Crippen LogP contribution in [0.3, 0.4) is 0 Å². The van der Waals surface area contributed by atoms with Crippen molar-refractivity contribution in [2.24, 2.45) is 17.8 Å². The second kappa shape index (κ2) is 6.06. The third-order valence-electron chi connectivity index (χ3n) is 5.43. The molecule has 1 atom stereocenters. The largest absolute Gasteiger partial charge is 0.336 e. The third-order valence-corrected chi connectivity index (χ3v) is 7.00. The van der Waals surface area contributed by atoms with Crippen molar-refractivity contribution in [3.63, 3.8) is 0 Å². The summed E-state index contributed by atoms with van der Waals surface area (Å²) in [5.41, 5.74) is 0. The van der Waals surface area contributed by atoms with E-state index in [4.69, 9.17) is 0 Å². The van der Waals surface area contributed by atoms with Crippen molar-refractivity contribution < 1.29 is 9.59 Å². The van der Waals surface area contributed by atoms with Gasteiger partial charge in [-0.25, -0.2) is 4.79 Å². The van der Waals surface area contributed by atoms with Gasteiger partial charge in [-0.1, -0.05) is 0 Å². The number of hydrogen-bond donors (Lipinski definition) is 2. The zero-order chi connectivity index (χ0) is 15.9. The van der Waals surface area contributed by atoms with Gasteiger partial charge in [0.2, 0.25) is 5.91 Å². The topological polar surface area (TPSA) is 58.2 Å². The van der Waals surface area contributed by atoms with E-state index in [0.29, 0.717) is 4.75 Å². The van der Waals surface area contributed by atoms with Crippen molar-refractivity contribution in [2.45, 2.75) is 75.3 Å². The van der Waals surface area contributed by atoms with Gasteiger partial charge in [-0.3, -0.25) is 10.1 Å². The van der Waals surface area contributed by atoms with Crippen LogP contribution in [0.5, 0.6) is 0 Å². The molecular formula is C17H28N2O2S. The lowest BCUT2D eigenvalue weighted by atomic mass is 9.56. The molecule has 4 saturated carbocycles. The minimum atomic E-state index is -0.377. The van der Waals surface area contributed by atoms with Gasteiger partial charge in [-0.05, 0) is 77.0 Å². The van der Waals surface area contributed by atoms with E-state index in [2.05, 4.69) is 10.6 Å². The van der Waals surface area contributed by atoms with Gasteiger partial charge in [-0.15, -0.1) is 11.8 Å². The molecule has 0 aliphatic heterocycles. The molecule has 0 aromatic carbocycles. The smallest absolute Gasteiger partial charge is 0.321 e. The maximum absolute atomic E-state index is 12.3. The Hall–Kier alpha value is -0.710. The molecule has 4 aliphatic carbocycles. The predicted molar refractivity (Wildman–Crippen MR) is 89.8 cm³/mol. The van der Waals surface area contributed by atoms with E-state index in [1.165, 1.54) is 38.5 Å². The molecule has 0 spiro atoms. The molecule has 3 amide bonds. The maximum Gasteiger partial charge on any atom is 0.321 e. The van der Waals surface area contributed by atoms with Gasteiger partial charge in [0.25, 0.3) is 0 Å². The van der Waals surface area contributed by atoms with Crippen LogP contribution in [-0.4, -0.2) is 28.0 Å². The Morgan fingerprint density at radius 1 is 1.00 bits per heavy atom. The first kappa shape index (κ1) is 16.2. The van der Waals surface area contributed by atoms with Crippen LogP contribution in [0.4, 0.5) is 4.79 Å². The fourth-order valence-electron chi connectivity index (χ4n) is 5.12. The van der Waals surface area contributed by atoms with Crippen molar-refractivity contribution >= 4 is 23.7 Å². The summed E-state index contributed by atoms with van der Waals surface area (Å²) in [5.74, 6) is 2.51. The highest BCUT2D eigenvalue weighted by Crippen LogP contribution is 2.61. The van der Waals surface area contributed by atoms with E-state index in [9.17, 15) is 9.59 Å². The molecule has 22 heavy (non-hydrogen) atoms. The van der Waals surface area contributed by atoms with Gasteiger partial charge in [-0.2, -0.15) is 0 Å². The summed E-state index contributed by atoms with van der Waals surface area (Å²) >= 11 is 1.83. The van der Waals surface area contributed by atoms with Gasteiger partial charge in [0, 0.05) is 10.8 Å². The molecule has 0 unspecified atom stereocenters. The molecule has 4 nitrogen and oxygen atoms in total. The van der Waals surface area contributed by atoms with E-state index in [0.717, 1.165) is 17.8 Å². The predicted octanol–water partition coefficient (Wildman–Crippen LogP) is 3.31. The number of carbonyl (C=O) groups excluding carboxylic acids is 2. The quantitative estimate of drug-likeness (QED) is 0.834. The summed E-state index contributed by atoms with van der Waals surface area (Å²) in [7, 11) is 0. The molecule has 4 fully saturated rings. The lowest BCUT2D eigenvalue weighted by molar-refractivity contribution is -0.119. The van der Waals surface area contributed by atoms with Gasteiger partial charge < -0.3 is 5.32 Å². The van der Waals surface area contributed by atoms with Crippen LogP contribution < -0.4 is 10.6 Å². The lowest BCUT2D eigenvalue weighted by Gasteiger charge is -2.56. The Morgan fingerprint density at radius 3 is 1.95 bits per heavy atom. The Balaban J connectivity index is 1.56. The monoisotopic (exact) mass is 324 g/mol. The van der Waals surface area contributed by atoms with E-state index >= 15 is 0 Å². The molecule has 0 saturated heterocycles. The Kier molecular flexibility index (Phi) is 4.45. The molecule has 2 N–H and O–H groups in total. The molecule has 0 aromatic rings. The van der Waals surface area contributed by atoms with Gasteiger partial charge in [0.1, 0.15) is 0 Å². The highest BCUT2D eigenvalue weighted by molar-refractivity contribution is 8.01. The van der Waals surface area contributed by atoms with Crippen molar-refractivity contribution in [1.29, 1.82) is 0 Å². The third kappa shape index (κ3) is 3.44. The standard InChI is InChI=1S/C17H28N2O2S/c1-10(2)18-16(21)19-15(20)11(3)22-17-7-12-4-13(8-17)6-14(5-12)9-17/h10-14H,4-9H2,1-3H3,(H2,18,19,20,21)/t11-,12?,13?,14?,17?/m1/s1. The average Bonchev–Trinajstić information content (AvgIpc) is 2.34. The van der Waals surface area contributed by atoms with E-state index < -0.39 is 0 Å². The van der Waals surface area contributed by atoms with Crippen LogP contribution in [0.15, 0.2) is 0 Å². The van der Waals surface area contributed by atoms with Crippen molar-refractivity contribution in [3.05, 3.63) is 0 Å². The van der Waals surface area contributed by atoms with Crippen LogP contribution in [0.1, 0.15) is 59.3 Å². The number of hydrogen-bond acceptors (Lipinski definition) is 3. The molecule has 5 heteroatoms. The summed E-state index contributed by atoms with van der Waals surface area (Å²) in [5, 5.41) is 5.03. The van der Waals surface area contributed by atoms with Crippen molar-refractivity contribution in [1.82, 2.24) is 10.6 Å². The second-order valence-corrected chi connectivity index (χ2v) is 9.79. The van der Waals surface area contributed by atoms with Crippen molar-refractivity contribution in [3.8, 4) is 0 Å². The molecule has 0 aromatic heterocycles. The number of rotatable bonds is 4. The molecule has 4 aliphatic rings. The Bertz CT molecular complexity index is 428. The van der Waals surface area contributed by atoms with Crippen LogP contribution in [-0.2, 0) is 4.79 Å². The number of nitrogens with one attached hydrogen (secondary N) is 2. The number of thioether (sulfide) groups is 1. The first-order valence-corrected chi connectivity index (χ1v) is 9.52. The van der Waals surface area contributed by atoms with Crippen LogP contribution >= 0.6 is 11.8 Å². The van der Waals surface area contributed by atoms with Crippen LogP contribution in [0.2, 0.25) is 0 Å². The van der Waals surface area contributed by atoms with Gasteiger partial charge in [0.05, 0.1) is 5.25 Å². The molecule has 4 rings (SSSR count). The number of imide groups is 1. The SMILES string of the molecule is CC(C)NC(=O)NC(=O)[C@@H](C)SC12CC3CC(CC(C3)C1)C2. The van der Waals surface area contributed by atoms with Crippen molar-refractivity contribution in [2.75, 3.05) is 0 Å². The van der Waals surface area contributed by atoms with E-state index in [1.54, 1.807) is 0 Å². The summed E-state index contributed by atoms with van der Waals surface area (Å²) in [6.45, 7) is 5.72. The summed E-state index contributed by atoms with van der Waals surface area (Å²) in [4.78, 5) is 23.9. The summed E-state index contributed by atoms with van der Waals surface area (Å²) in [6.07, 6.45) is 8.07. The number of carbonyl (C=O) groups is 2. The fourth-order valence-corrected chi connectivity index (χ4v) is 7.03. The van der Waals surface area contributed by atoms with E-state index in [1.807, 2.05) is 32.5 Å². The van der Waals surface area contributed by atoms with Gasteiger partial charge in [0.15, 0.2) is 0 Å². The van der Waals surface area contributed by atoms with Gasteiger partial charge >= 0.3 is 6.03 Å². The first-order valence-electron chi connectivity index (χ1n) is 8.64. The second-order valence-electron chi connectivity index (χ2n) is 7.98. The number of urea groups is 1. The molecule has 0 radical (unpaired) electrons. The van der Waals surface area contributed by atoms with Crippen LogP contribution in [0.25, 0.3) is 0 Å². The number of amides is 3. The maximum atomic E-state index is 12.3. The first-order chi connectivity index (χ1) is 10.3. The molecular weight excluding hydrogens is 296 g/mol. The zero-order valence-corrected chi connectivity index (χ0v) is 14.7. The highest BCUT2D eigenvalue weighted by atomic mass is 32.2. The summed E-state index contributed by atoms with van der Waals surface area (Å²) in [6, 6.07) is -0.336. The van der Waals surface area contributed by atoms with E-state index in [-0.39, 0.29) is 23.2 Å². The Morgan fingerprint density at radius 2 is 1.50 bits per heavy atom. The minimum Gasteiger partial charge on any atom is -0.336 e. The Labute approximate surface area is 137 Å². The summed E-state index contributed by atoms with van der Waals surface area (Å²) < 4.78 is 0.306. The minimum absolute atomic E-state index is 0.0407. The molecule has 124 valence electrons. The van der Waals surface area contributed by atoms with Crippen LogP contribution in [0, 0.1) is 17.8 Å². The molecule has 4 bridgehead atoms. The lowest BCUT2D eigenvalue weighted by Crippen LogP contribution is -2.51. The average molecular weight is 324 g/mol. The zero-order valence-electron chi connectivity index (χ0n) is 13.9. The normalized spacial score (nSPS) is 37.2. The highest BCUT2D eigenvalue weighted by Gasteiger charge is 2.52. The molecule has 0 heterocycles.